The second-order valence-corrected chi connectivity index (χ2v) is 10.3. The van der Waals surface area contributed by atoms with Gasteiger partial charge in [-0.1, -0.05) is 56.3 Å². The van der Waals surface area contributed by atoms with Crippen molar-refractivity contribution in [3.05, 3.63) is 65.7 Å². The van der Waals surface area contributed by atoms with E-state index in [9.17, 15) is 18.0 Å². The molecule has 0 aliphatic rings. The Labute approximate surface area is 197 Å². The van der Waals surface area contributed by atoms with Gasteiger partial charge >= 0.3 is 0 Å². The summed E-state index contributed by atoms with van der Waals surface area (Å²) in [5, 5.41) is 2.88. The van der Waals surface area contributed by atoms with Crippen molar-refractivity contribution in [3.63, 3.8) is 0 Å². The van der Waals surface area contributed by atoms with E-state index in [0.29, 0.717) is 12.1 Å². The molecule has 1 atom stereocenters. The monoisotopic (exact) mass is 473 g/mol. The first kappa shape index (κ1) is 26.4. The SMILES string of the molecule is CCc1ccc(N(CC(=O)N(Cc2ccccc2)[C@@H](CC)C(=O)NC(C)C)S(C)(=O)=O)cc1. The number of hydrogen-bond acceptors (Lipinski definition) is 4. The van der Waals surface area contributed by atoms with E-state index in [1.54, 1.807) is 12.1 Å². The molecule has 0 fully saturated rings. The summed E-state index contributed by atoms with van der Waals surface area (Å²) in [5.41, 5.74) is 2.35. The van der Waals surface area contributed by atoms with Crippen molar-refractivity contribution in [1.29, 1.82) is 0 Å². The highest BCUT2D eigenvalue weighted by Crippen LogP contribution is 2.20. The third kappa shape index (κ3) is 7.60. The molecule has 0 heterocycles. The van der Waals surface area contributed by atoms with Gasteiger partial charge < -0.3 is 10.2 Å². The fourth-order valence-corrected chi connectivity index (χ4v) is 4.44. The molecule has 1 N–H and O–H groups in total. The van der Waals surface area contributed by atoms with Crippen LogP contribution in [0.5, 0.6) is 0 Å². The van der Waals surface area contributed by atoms with E-state index in [1.807, 2.05) is 70.2 Å². The molecule has 0 aliphatic carbocycles. The highest BCUT2D eigenvalue weighted by molar-refractivity contribution is 7.92. The Kier molecular flexibility index (Phi) is 9.46. The van der Waals surface area contributed by atoms with Crippen LogP contribution in [0.1, 0.15) is 45.2 Å². The first-order valence-corrected chi connectivity index (χ1v) is 13.1. The number of amides is 2. The Morgan fingerprint density at radius 1 is 0.939 bits per heavy atom. The average molecular weight is 474 g/mol. The van der Waals surface area contributed by atoms with Crippen LogP contribution in [0.15, 0.2) is 54.6 Å². The minimum absolute atomic E-state index is 0.0789. The summed E-state index contributed by atoms with van der Waals surface area (Å²) in [7, 11) is -3.73. The maximum atomic E-state index is 13.5. The summed E-state index contributed by atoms with van der Waals surface area (Å²) >= 11 is 0. The van der Waals surface area contributed by atoms with Gasteiger partial charge in [0.2, 0.25) is 21.8 Å². The quantitative estimate of drug-likeness (QED) is 0.542. The second-order valence-electron chi connectivity index (χ2n) is 8.38. The Morgan fingerprint density at radius 3 is 2.03 bits per heavy atom. The van der Waals surface area contributed by atoms with Crippen molar-refractivity contribution in [2.75, 3.05) is 17.1 Å². The first-order valence-electron chi connectivity index (χ1n) is 11.3. The largest absolute Gasteiger partial charge is 0.352 e. The van der Waals surface area contributed by atoms with Gasteiger partial charge in [0.1, 0.15) is 12.6 Å². The normalized spacial score (nSPS) is 12.3. The molecule has 8 heteroatoms. The van der Waals surface area contributed by atoms with Crippen LogP contribution >= 0.6 is 0 Å². The minimum Gasteiger partial charge on any atom is -0.352 e. The standard InChI is InChI=1S/C25H35N3O4S/c1-6-20-13-15-22(16-14-20)28(33(5,31)32)18-24(29)27(17-21-11-9-8-10-12-21)23(7-2)25(30)26-19(3)4/h8-16,19,23H,6-7,17-18H2,1-5H3,(H,26,30)/t23-/m0/s1. The number of nitrogens with zero attached hydrogens (tertiary/aromatic N) is 2. The zero-order valence-corrected chi connectivity index (χ0v) is 20.9. The zero-order chi connectivity index (χ0) is 24.6. The lowest BCUT2D eigenvalue weighted by Crippen LogP contribution is -2.53. The Balaban J connectivity index is 2.40. The van der Waals surface area contributed by atoms with E-state index in [2.05, 4.69) is 5.32 Å². The molecule has 7 nitrogen and oxygen atoms in total. The van der Waals surface area contributed by atoms with E-state index in [-0.39, 0.29) is 25.0 Å². The van der Waals surface area contributed by atoms with Crippen molar-refractivity contribution in [2.45, 2.75) is 59.2 Å². The van der Waals surface area contributed by atoms with Crippen molar-refractivity contribution < 1.29 is 18.0 Å². The number of benzene rings is 2. The molecule has 2 aromatic carbocycles. The van der Waals surface area contributed by atoms with Crippen LogP contribution in [-0.4, -0.2) is 50.0 Å². The van der Waals surface area contributed by atoms with Gasteiger partial charge in [-0.3, -0.25) is 13.9 Å². The number of sulfonamides is 1. The Hall–Kier alpha value is -2.87. The lowest BCUT2D eigenvalue weighted by Gasteiger charge is -2.33. The number of nitrogens with one attached hydrogen (secondary N) is 1. The third-order valence-electron chi connectivity index (χ3n) is 5.32. The van der Waals surface area contributed by atoms with Gasteiger partial charge in [0.25, 0.3) is 0 Å². The number of rotatable bonds is 11. The van der Waals surface area contributed by atoms with Crippen molar-refractivity contribution in [3.8, 4) is 0 Å². The molecule has 0 saturated carbocycles. The highest BCUT2D eigenvalue weighted by Gasteiger charge is 2.31. The molecule has 0 unspecified atom stereocenters. The first-order chi connectivity index (χ1) is 15.6. The van der Waals surface area contributed by atoms with E-state index >= 15 is 0 Å². The topological polar surface area (TPSA) is 86.8 Å². The van der Waals surface area contributed by atoms with Gasteiger partial charge in [-0.25, -0.2) is 8.42 Å². The summed E-state index contributed by atoms with van der Waals surface area (Å²) in [5.74, 6) is -0.690. The molecule has 2 amide bonds. The van der Waals surface area contributed by atoms with E-state index in [0.717, 1.165) is 28.1 Å². The average Bonchev–Trinajstić information content (AvgIpc) is 2.76. The van der Waals surface area contributed by atoms with Crippen LogP contribution in [0.2, 0.25) is 0 Å². The summed E-state index contributed by atoms with van der Waals surface area (Å²) in [4.78, 5) is 27.9. The van der Waals surface area contributed by atoms with Crippen molar-refractivity contribution in [2.24, 2.45) is 0 Å². The maximum Gasteiger partial charge on any atom is 0.244 e. The Bertz CT molecular complexity index is 1020. The highest BCUT2D eigenvalue weighted by atomic mass is 32.2. The molecule has 180 valence electrons. The van der Waals surface area contributed by atoms with Crippen LogP contribution in [-0.2, 0) is 32.6 Å². The van der Waals surface area contributed by atoms with Gasteiger partial charge in [-0.05, 0) is 49.9 Å². The smallest absolute Gasteiger partial charge is 0.244 e. The van der Waals surface area contributed by atoms with Gasteiger partial charge in [0.05, 0.1) is 11.9 Å². The number of carbonyl (C=O) groups excluding carboxylic acids is 2. The molecule has 0 bridgehead atoms. The minimum atomic E-state index is -3.73. The Morgan fingerprint density at radius 2 is 1.55 bits per heavy atom. The molecule has 2 rings (SSSR count). The van der Waals surface area contributed by atoms with Crippen molar-refractivity contribution >= 4 is 27.5 Å². The number of aryl methyl sites for hydroxylation is 1. The van der Waals surface area contributed by atoms with Gasteiger partial charge in [0.15, 0.2) is 0 Å². The van der Waals surface area contributed by atoms with Crippen LogP contribution in [0.25, 0.3) is 0 Å². The number of hydrogen-bond donors (Lipinski definition) is 1. The summed E-state index contributed by atoms with van der Waals surface area (Å²) < 4.78 is 26.3. The van der Waals surface area contributed by atoms with Crippen molar-refractivity contribution in [1.82, 2.24) is 10.2 Å². The summed E-state index contributed by atoms with van der Waals surface area (Å²) in [6, 6.07) is 15.7. The molecule has 0 radical (unpaired) electrons. The zero-order valence-electron chi connectivity index (χ0n) is 20.1. The molecule has 0 aliphatic heterocycles. The number of anilines is 1. The second kappa shape index (κ2) is 11.8. The maximum absolute atomic E-state index is 13.5. The van der Waals surface area contributed by atoms with Gasteiger partial charge in [0, 0.05) is 12.6 Å². The van der Waals surface area contributed by atoms with E-state index in [1.165, 1.54) is 4.90 Å². The molecule has 0 saturated heterocycles. The fraction of sp³-hybridized carbons (Fsp3) is 0.440. The van der Waals surface area contributed by atoms with Crippen LogP contribution in [0, 0.1) is 0 Å². The molecule has 0 spiro atoms. The molecule has 0 aromatic heterocycles. The van der Waals surface area contributed by atoms with E-state index in [4.69, 9.17) is 0 Å². The fourth-order valence-electron chi connectivity index (χ4n) is 3.59. The molecular weight excluding hydrogens is 438 g/mol. The predicted octanol–water partition coefficient (Wildman–Crippen LogP) is 3.35. The van der Waals surface area contributed by atoms with Crippen LogP contribution in [0.4, 0.5) is 5.69 Å². The van der Waals surface area contributed by atoms with E-state index < -0.39 is 22.0 Å². The molecular formula is C25H35N3O4S. The lowest BCUT2D eigenvalue weighted by atomic mass is 10.1. The predicted molar refractivity (Wildman–Crippen MR) is 132 cm³/mol. The van der Waals surface area contributed by atoms with Crippen LogP contribution in [0.3, 0.4) is 0 Å². The van der Waals surface area contributed by atoms with Gasteiger partial charge in [-0.2, -0.15) is 0 Å². The lowest BCUT2D eigenvalue weighted by molar-refractivity contribution is -0.140. The van der Waals surface area contributed by atoms with Gasteiger partial charge in [-0.15, -0.1) is 0 Å². The van der Waals surface area contributed by atoms with Crippen LogP contribution < -0.4 is 9.62 Å². The third-order valence-corrected chi connectivity index (χ3v) is 6.46. The molecule has 2 aromatic rings. The summed E-state index contributed by atoms with van der Waals surface area (Å²) in [6.45, 7) is 7.40. The number of carbonyl (C=O) groups is 2. The summed E-state index contributed by atoms with van der Waals surface area (Å²) in [6.07, 6.45) is 2.31. The molecule has 33 heavy (non-hydrogen) atoms.